The Bertz CT molecular complexity index is 1080. The number of hydrogen-bond acceptors (Lipinski definition) is 5. The van der Waals surface area contributed by atoms with E-state index in [1.807, 2.05) is 6.92 Å². The molecule has 1 fully saturated rings. The van der Waals surface area contributed by atoms with Crippen LogP contribution in [0.1, 0.15) is 38.2 Å². The van der Waals surface area contributed by atoms with E-state index < -0.39 is 17.0 Å². The number of carbonyl (C=O) groups excluding carboxylic acids is 1. The topological polar surface area (TPSA) is 80.8 Å². The first kappa shape index (κ1) is 19.3. The fourth-order valence-corrected chi connectivity index (χ4v) is 4.90. The molecular formula is C22H22ClFN4O2. The Hall–Kier alpha value is -2.67. The van der Waals surface area contributed by atoms with Gasteiger partial charge in [0.15, 0.2) is 11.5 Å². The summed E-state index contributed by atoms with van der Waals surface area (Å²) in [5.41, 5.74) is 5.92. The summed E-state index contributed by atoms with van der Waals surface area (Å²) < 4.78 is 20.3. The van der Waals surface area contributed by atoms with Crippen molar-refractivity contribution in [1.29, 1.82) is 0 Å². The molecule has 3 aliphatic rings. The van der Waals surface area contributed by atoms with Crippen LogP contribution in [0.15, 0.2) is 35.5 Å². The van der Waals surface area contributed by atoms with Gasteiger partial charge in [-0.2, -0.15) is 0 Å². The average molecular weight is 429 g/mol. The molecule has 1 saturated carbocycles. The number of benzene rings is 1. The number of guanidine groups is 1. The number of aromatic nitrogens is 1. The third-order valence-corrected chi connectivity index (χ3v) is 6.40. The standard InChI is InChI=1S/C22H22ClFN4O2/c1-21(9-12-3-4-12)11-22(19(29)28(2)20(25)27-22)16-8-17(26-10-18(16)30-21)13-5-14(23)7-15(24)6-13/h5-8,10,12H,3-4,9,11H2,1-2H3,(H2,25,27)/t21-,22?/m1/s1. The number of nitrogens with two attached hydrogens (primary N) is 1. The molecule has 2 N–H and O–H groups in total. The molecule has 1 unspecified atom stereocenters. The van der Waals surface area contributed by atoms with Crippen LogP contribution in [0.25, 0.3) is 11.3 Å². The monoisotopic (exact) mass is 428 g/mol. The van der Waals surface area contributed by atoms with E-state index in [-0.39, 0.29) is 16.9 Å². The van der Waals surface area contributed by atoms with Crippen molar-refractivity contribution < 1.29 is 13.9 Å². The van der Waals surface area contributed by atoms with Gasteiger partial charge in [0.25, 0.3) is 5.91 Å². The molecule has 2 atom stereocenters. The molecule has 6 nitrogen and oxygen atoms in total. The van der Waals surface area contributed by atoms with E-state index in [9.17, 15) is 9.18 Å². The van der Waals surface area contributed by atoms with E-state index in [0.29, 0.717) is 34.9 Å². The van der Waals surface area contributed by atoms with E-state index in [0.717, 1.165) is 6.42 Å². The van der Waals surface area contributed by atoms with Crippen LogP contribution in [0.5, 0.6) is 5.75 Å². The Balaban J connectivity index is 1.67. The Morgan fingerprint density at radius 2 is 2.10 bits per heavy atom. The van der Waals surface area contributed by atoms with E-state index >= 15 is 0 Å². The largest absolute Gasteiger partial charge is 0.485 e. The molecule has 30 heavy (non-hydrogen) atoms. The SMILES string of the molecule is CN1C(=O)C2(C[C@@](C)(CC3CC3)Oc3cnc(-c4cc(F)cc(Cl)c4)cc32)N=C1N. The van der Waals surface area contributed by atoms with Gasteiger partial charge >= 0.3 is 0 Å². The highest BCUT2D eigenvalue weighted by Gasteiger charge is 2.57. The zero-order chi connectivity index (χ0) is 21.3. The number of amides is 1. The van der Waals surface area contributed by atoms with Crippen molar-refractivity contribution in [1.82, 2.24) is 9.88 Å². The number of aliphatic imine (C=N–C) groups is 1. The number of hydrogen-bond donors (Lipinski definition) is 1. The number of ether oxygens (including phenoxy) is 1. The maximum absolute atomic E-state index is 13.9. The molecule has 8 heteroatoms. The molecule has 2 aliphatic heterocycles. The molecular weight excluding hydrogens is 407 g/mol. The number of halogens is 2. The fourth-order valence-electron chi connectivity index (χ4n) is 4.68. The predicted octanol–water partition coefficient (Wildman–Crippen LogP) is 3.86. The summed E-state index contributed by atoms with van der Waals surface area (Å²) >= 11 is 6.03. The number of pyridine rings is 1. The first-order chi connectivity index (χ1) is 14.2. The second-order valence-electron chi connectivity index (χ2n) is 8.79. The van der Waals surface area contributed by atoms with Gasteiger partial charge in [-0.15, -0.1) is 0 Å². The predicted molar refractivity (Wildman–Crippen MR) is 112 cm³/mol. The highest BCUT2D eigenvalue weighted by atomic mass is 35.5. The minimum Gasteiger partial charge on any atom is -0.485 e. The van der Waals surface area contributed by atoms with Gasteiger partial charge in [0, 0.05) is 29.6 Å². The lowest BCUT2D eigenvalue weighted by Crippen LogP contribution is -2.50. The van der Waals surface area contributed by atoms with Gasteiger partial charge in [-0.05, 0) is 43.5 Å². The molecule has 5 rings (SSSR count). The van der Waals surface area contributed by atoms with Gasteiger partial charge in [-0.25, -0.2) is 9.38 Å². The highest BCUT2D eigenvalue weighted by Crippen LogP contribution is 2.52. The van der Waals surface area contributed by atoms with Gasteiger partial charge in [0.05, 0.1) is 11.9 Å². The number of rotatable bonds is 3. The number of nitrogens with zero attached hydrogens (tertiary/aromatic N) is 3. The summed E-state index contributed by atoms with van der Waals surface area (Å²) in [4.78, 5) is 23.9. The molecule has 1 amide bonds. The van der Waals surface area contributed by atoms with E-state index in [4.69, 9.17) is 22.1 Å². The molecule has 0 bridgehead atoms. The van der Waals surface area contributed by atoms with Crippen LogP contribution >= 0.6 is 11.6 Å². The summed E-state index contributed by atoms with van der Waals surface area (Å²) in [7, 11) is 1.62. The van der Waals surface area contributed by atoms with E-state index in [2.05, 4.69) is 9.98 Å². The Morgan fingerprint density at radius 3 is 2.73 bits per heavy atom. The average Bonchev–Trinajstić information content (AvgIpc) is 3.45. The van der Waals surface area contributed by atoms with Crippen molar-refractivity contribution in [2.75, 3.05) is 7.05 Å². The molecule has 3 heterocycles. The first-order valence-corrected chi connectivity index (χ1v) is 10.4. The van der Waals surface area contributed by atoms with Crippen LogP contribution in [-0.4, -0.2) is 34.4 Å². The molecule has 1 aliphatic carbocycles. The lowest BCUT2D eigenvalue weighted by Gasteiger charge is -2.43. The van der Waals surface area contributed by atoms with Crippen LogP contribution < -0.4 is 10.5 Å². The van der Waals surface area contributed by atoms with Crippen LogP contribution in [-0.2, 0) is 10.3 Å². The van der Waals surface area contributed by atoms with Gasteiger partial charge in [-0.1, -0.05) is 24.4 Å². The van der Waals surface area contributed by atoms with E-state index in [1.165, 1.54) is 29.9 Å². The van der Waals surface area contributed by atoms with Gasteiger partial charge in [0.1, 0.15) is 17.2 Å². The molecule has 2 aromatic rings. The Labute approximate surface area is 178 Å². The number of likely N-dealkylation sites (N-methyl/N-ethyl adjacent to an activating group) is 1. The molecule has 156 valence electrons. The Kier molecular flexibility index (Phi) is 4.13. The van der Waals surface area contributed by atoms with Crippen LogP contribution in [0.3, 0.4) is 0 Å². The summed E-state index contributed by atoms with van der Waals surface area (Å²) in [6.45, 7) is 2.02. The number of fused-ring (bicyclic) bond motifs is 2. The second kappa shape index (κ2) is 6.41. The third kappa shape index (κ3) is 3.03. The van der Waals surface area contributed by atoms with Gasteiger partial charge < -0.3 is 10.5 Å². The summed E-state index contributed by atoms with van der Waals surface area (Å²) in [6, 6.07) is 5.96. The minimum atomic E-state index is -1.18. The van der Waals surface area contributed by atoms with Crippen molar-refractivity contribution in [2.24, 2.45) is 16.6 Å². The van der Waals surface area contributed by atoms with Gasteiger partial charge in [0.2, 0.25) is 0 Å². The number of carbonyl (C=O) groups is 1. The zero-order valence-corrected chi connectivity index (χ0v) is 17.5. The second-order valence-corrected chi connectivity index (χ2v) is 9.23. The van der Waals surface area contributed by atoms with Crippen molar-refractivity contribution in [2.45, 2.75) is 43.7 Å². The molecule has 1 aromatic heterocycles. The first-order valence-electron chi connectivity index (χ1n) is 9.99. The van der Waals surface area contributed by atoms with Crippen molar-refractivity contribution in [3.63, 3.8) is 0 Å². The minimum absolute atomic E-state index is 0.175. The van der Waals surface area contributed by atoms with Crippen LogP contribution in [0.2, 0.25) is 5.02 Å². The Morgan fingerprint density at radius 1 is 1.33 bits per heavy atom. The van der Waals surface area contributed by atoms with Crippen LogP contribution in [0.4, 0.5) is 4.39 Å². The van der Waals surface area contributed by atoms with Crippen molar-refractivity contribution in [3.05, 3.63) is 46.9 Å². The maximum Gasteiger partial charge on any atom is 0.261 e. The molecule has 0 radical (unpaired) electrons. The maximum atomic E-state index is 13.9. The summed E-state index contributed by atoms with van der Waals surface area (Å²) in [6.07, 6.45) is 5.18. The third-order valence-electron chi connectivity index (χ3n) is 6.18. The smallest absolute Gasteiger partial charge is 0.261 e. The van der Waals surface area contributed by atoms with Gasteiger partial charge in [-0.3, -0.25) is 14.7 Å². The normalized spacial score (nSPS) is 27.8. The lowest BCUT2D eigenvalue weighted by molar-refractivity contribution is -0.134. The highest BCUT2D eigenvalue weighted by molar-refractivity contribution is 6.30. The van der Waals surface area contributed by atoms with Crippen molar-refractivity contribution in [3.8, 4) is 17.0 Å². The lowest BCUT2D eigenvalue weighted by atomic mass is 9.75. The summed E-state index contributed by atoms with van der Waals surface area (Å²) in [5, 5.41) is 0.270. The fraction of sp³-hybridized carbons (Fsp3) is 0.409. The van der Waals surface area contributed by atoms with Crippen molar-refractivity contribution >= 4 is 23.5 Å². The van der Waals surface area contributed by atoms with E-state index in [1.54, 1.807) is 25.4 Å². The molecule has 0 saturated heterocycles. The quantitative estimate of drug-likeness (QED) is 0.804. The summed E-state index contributed by atoms with van der Waals surface area (Å²) in [5.74, 6) is 0.635. The zero-order valence-electron chi connectivity index (χ0n) is 16.8. The molecule has 1 spiro atoms. The van der Waals surface area contributed by atoms with Crippen LogP contribution in [0, 0.1) is 11.7 Å². The molecule has 1 aromatic carbocycles.